The van der Waals surface area contributed by atoms with Crippen molar-refractivity contribution < 1.29 is 0 Å². The zero-order chi connectivity index (χ0) is 22.3. The fourth-order valence-electron chi connectivity index (χ4n) is 2.39. The van der Waals surface area contributed by atoms with Gasteiger partial charge in [0.15, 0.2) is 0 Å². The summed E-state index contributed by atoms with van der Waals surface area (Å²) in [7, 11) is 0. The Kier molecular flexibility index (Phi) is 9.64. The normalized spacial score (nSPS) is 13.4. The van der Waals surface area contributed by atoms with E-state index in [0.29, 0.717) is 20.1 Å². The highest BCUT2D eigenvalue weighted by Crippen LogP contribution is 2.24. The summed E-state index contributed by atoms with van der Waals surface area (Å²) in [6.07, 6.45) is 7.82. The van der Waals surface area contributed by atoms with Crippen molar-refractivity contribution in [3.63, 3.8) is 0 Å². The van der Waals surface area contributed by atoms with Crippen LogP contribution in [-0.2, 0) is 0 Å². The highest BCUT2D eigenvalue weighted by atomic mass is 35.5. The Hall–Kier alpha value is -1.58. The average molecular weight is 482 g/mol. The molecule has 0 aliphatic rings. The minimum atomic E-state index is 0.209. The first-order chi connectivity index (χ1) is 14.2. The molecule has 2 aromatic carbocycles. The molecule has 0 saturated carbocycles. The maximum atomic E-state index is 6.09. The van der Waals surface area contributed by atoms with Gasteiger partial charge in [-0.3, -0.25) is 0 Å². The first kappa shape index (κ1) is 24.7. The first-order valence-electron chi connectivity index (χ1n) is 9.59. The quantitative estimate of drug-likeness (QED) is 0.278. The zero-order valence-electron chi connectivity index (χ0n) is 17.3. The Morgan fingerprint density at radius 1 is 0.633 bits per heavy atom. The molecular formula is C24H24Cl4N2. The van der Waals surface area contributed by atoms with E-state index >= 15 is 0 Å². The lowest BCUT2D eigenvalue weighted by Gasteiger charge is -2.06. The molecule has 2 rings (SSSR count). The number of allylic oxidation sites excluding steroid dienone is 2. The van der Waals surface area contributed by atoms with Crippen LogP contribution < -0.4 is 0 Å². The van der Waals surface area contributed by atoms with E-state index in [4.69, 9.17) is 46.4 Å². The molecule has 0 unspecified atom stereocenters. The van der Waals surface area contributed by atoms with Crippen molar-refractivity contribution in [2.24, 2.45) is 22.0 Å². The van der Waals surface area contributed by atoms with Crippen molar-refractivity contribution in [2.45, 2.75) is 27.7 Å². The molecule has 0 fully saturated rings. The molecule has 2 aromatic rings. The van der Waals surface area contributed by atoms with Crippen LogP contribution in [0.5, 0.6) is 0 Å². The Morgan fingerprint density at radius 3 is 1.30 bits per heavy atom. The van der Waals surface area contributed by atoms with Gasteiger partial charge in [-0.15, -0.1) is 0 Å². The van der Waals surface area contributed by atoms with Crippen LogP contribution in [0.4, 0.5) is 0 Å². The van der Waals surface area contributed by atoms with Gasteiger partial charge in [0.05, 0.1) is 31.5 Å². The summed E-state index contributed by atoms with van der Waals surface area (Å²) in [6.45, 7) is 8.31. The van der Waals surface area contributed by atoms with Gasteiger partial charge < -0.3 is 0 Å². The van der Waals surface area contributed by atoms with E-state index in [1.807, 2.05) is 48.6 Å². The number of nitrogens with zero attached hydrogens (tertiary/aromatic N) is 2. The Bertz CT molecular complexity index is 921. The van der Waals surface area contributed by atoms with Crippen LogP contribution in [0.1, 0.15) is 38.8 Å². The summed E-state index contributed by atoms with van der Waals surface area (Å²) in [4.78, 5) is 0. The predicted octanol–water partition coefficient (Wildman–Crippen LogP) is 9.14. The second-order valence-corrected chi connectivity index (χ2v) is 9.00. The Balaban J connectivity index is 2.27. The Labute approximate surface area is 198 Å². The summed E-state index contributed by atoms with van der Waals surface area (Å²) in [5, 5.41) is 11.1. The fraction of sp³-hybridized carbons (Fsp3) is 0.250. The third-order valence-electron chi connectivity index (χ3n) is 4.24. The SMILES string of the molecule is CC(C)C(/C=C/c1ccc(Cl)c(Cl)c1)=N\N=C(\C=C\c1ccc(Cl)c(Cl)c1)C(C)C. The molecule has 0 heterocycles. The van der Waals surface area contributed by atoms with Gasteiger partial charge in [-0.2, -0.15) is 10.2 Å². The number of hydrogen-bond donors (Lipinski definition) is 0. The lowest BCUT2D eigenvalue weighted by atomic mass is 10.1. The second-order valence-electron chi connectivity index (χ2n) is 7.37. The maximum Gasteiger partial charge on any atom is 0.0656 e. The van der Waals surface area contributed by atoms with Crippen LogP contribution in [0.25, 0.3) is 12.2 Å². The van der Waals surface area contributed by atoms with Gasteiger partial charge in [-0.1, -0.05) is 98.4 Å². The number of halogens is 4. The minimum absolute atomic E-state index is 0.209. The van der Waals surface area contributed by atoms with Crippen molar-refractivity contribution >= 4 is 70.0 Å². The molecule has 0 aliphatic heterocycles. The van der Waals surface area contributed by atoms with Gasteiger partial charge in [-0.25, -0.2) is 0 Å². The van der Waals surface area contributed by atoms with Crippen LogP contribution >= 0.6 is 46.4 Å². The van der Waals surface area contributed by atoms with Crippen molar-refractivity contribution in [3.05, 3.63) is 79.8 Å². The van der Waals surface area contributed by atoms with Gasteiger partial charge in [0.1, 0.15) is 0 Å². The molecule has 0 radical (unpaired) electrons. The molecule has 30 heavy (non-hydrogen) atoms. The summed E-state index contributed by atoms with van der Waals surface area (Å²) >= 11 is 24.1. The van der Waals surface area contributed by atoms with Crippen molar-refractivity contribution in [3.8, 4) is 0 Å². The molecule has 0 saturated heterocycles. The third kappa shape index (κ3) is 7.59. The average Bonchev–Trinajstić information content (AvgIpc) is 2.68. The van der Waals surface area contributed by atoms with Crippen molar-refractivity contribution in [1.82, 2.24) is 0 Å². The summed E-state index contributed by atoms with van der Waals surface area (Å²) in [6, 6.07) is 11.0. The largest absolute Gasteiger partial charge is 0.155 e. The molecule has 0 aromatic heterocycles. The molecular weight excluding hydrogens is 458 g/mol. The van der Waals surface area contributed by atoms with Crippen molar-refractivity contribution in [2.75, 3.05) is 0 Å². The van der Waals surface area contributed by atoms with Crippen LogP contribution in [0.15, 0.2) is 58.8 Å². The van der Waals surface area contributed by atoms with Gasteiger partial charge in [-0.05, 0) is 59.4 Å². The van der Waals surface area contributed by atoms with E-state index in [9.17, 15) is 0 Å². The van der Waals surface area contributed by atoms with Crippen LogP contribution in [0, 0.1) is 11.8 Å². The maximum absolute atomic E-state index is 6.09. The molecule has 2 nitrogen and oxygen atoms in total. The predicted molar refractivity (Wildman–Crippen MR) is 136 cm³/mol. The van der Waals surface area contributed by atoms with Gasteiger partial charge >= 0.3 is 0 Å². The second kappa shape index (κ2) is 11.7. The van der Waals surface area contributed by atoms with E-state index in [1.165, 1.54) is 0 Å². The van der Waals surface area contributed by atoms with Gasteiger partial charge in [0, 0.05) is 0 Å². The molecule has 158 valence electrons. The summed E-state index contributed by atoms with van der Waals surface area (Å²) in [5.41, 5.74) is 3.62. The molecule has 0 aliphatic carbocycles. The van der Waals surface area contributed by atoms with Gasteiger partial charge in [0.2, 0.25) is 0 Å². The monoisotopic (exact) mass is 480 g/mol. The molecule has 0 atom stereocenters. The van der Waals surface area contributed by atoms with Crippen LogP contribution in [0.3, 0.4) is 0 Å². The van der Waals surface area contributed by atoms with E-state index in [1.54, 1.807) is 12.1 Å². The highest BCUT2D eigenvalue weighted by molar-refractivity contribution is 6.42. The molecule has 0 bridgehead atoms. The number of benzene rings is 2. The van der Waals surface area contributed by atoms with E-state index < -0.39 is 0 Å². The van der Waals surface area contributed by atoms with E-state index in [-0.39, 0.29) is 11.8 Å². The molecule has 6 heteroatoms. The number of rotatable bonds is 7. The van der Waals surface area contributed by atoms with Crippen LogP contribution in [0.2, 0.25) is 20.1 Å². The Morgan fingerprint density at radius 2 is 1.00 bits per heavy atom. The fourth-order valence-corrected chi connectivity index (χ4v) is 3.01. The standard InChI is InChI=1S/C24H24Cl4N2/c1-15(2)23(11-7-17-5-9-19(25)21(27)13-17)29-30-24(16(3)4)12-8-18-6-10-20(26)22(28)14-18/h5-16H,1-4H3/b11-7+,12-8+,29-23-,30-24-. The topological polar surface area (TPSA) is 24.7 Å². The zero-order valence-corrected chi connectivity index (χ0v) is 20.4. The van der Waals surface area contributed by atoms with Gasteiger partial charge in [0.25, 0.3) is 0 Å². The summed E-state index contributed by atoms with van der Waals surface area (Å²) in [5.74, 6) is 0.417. The summed E-state index contributed by atoms with van der Waals surface area (Å²) < 4.78 is 0. The molecule has 0 spiro atoms. The van der Waals surface area contributed by atoms with Crippen molar-refractivity contribution in [1.29, 1.82) is 0 Å². The van der Waals surface area contributed by atoms with E-state index in [2.05, 4.69) is 37.9 Å². The van der Waals surface area contributed by atoms with Crippen LogP contribution in [-0.4, -0.2) is 11.4 Å². The molecule has 0 amide bonds. The third-order valence-corrected chi connectivity index (χ3v) is 5.72. The lowest BCUT2D eigenvalue weighted by molar-refractivity contribution is 0.864. The smallest absolute Gasteiger partial charge is 0.0656 e. The highest BCUT2D eigenvalue weighted by Gasteiger charge is 2.05. The molecule has 0 N–H and O–H groups in total. The first-order valence-corrected chi connectivity index (χ1v) is 11.1. The van der Waals surface area contributed by atoms with E-state index in [0.717, 1.165) is 22.6 Å². The number of hydrogen-bond acceptors (Lipinski definition) is 2. The lowest BCUT2D eigenvalue weighted by Crippen LogP contribution is -2.06. The minimum Gasteiger partial charge on any atom is -0.155 e.